The smallest absolute Gasteiger partial charge is 0.411 e. The Balaban J connectivity index is 1.75. The lowest BCUT2D eigenvalue weighted by atomic mass is 9.96. The van der Waals surface area contributed by atoms with Gasteiger partial charge in [-0.2, -0.15) is 0 Å². The summed E-state index contributed by atoms with van der Waals surface area (Å²) in [4.78, 5) is 36.6. The maximum absolute atomic E-state index is 12.0. The van der Waals surface area contributed by atoms with E-state index in [1.165, 1.54) is 18.1 Å². The van der Waals surface area contributed by atoms with Crippen molar-refractivity contribution in [2.45, 2.75) is 26.3 Å². The minimum absolute atomic E-state index is 0.0390. The van der Waals surface area contributed by atoms with Crippen molar-refractivity contribution >= 4 is 28.7 Å². The summed E-state index contributed by atoms with van der Waals surface area (Å²) in [5.74, 6) is -0.186. The molecular formula is C20H25N2O6+. The van der Waals surface area contributed by atoms with E-state index in [1.54, 1.807) is 19.1 Å². The molecule has 28 heavy (non-hydrogen) atoms. The van der Waals surface area contributed by atoms with E-state index in [0.717, 1.165) is 36.9 Å². The summed E-state index contributed by atoms with van der Waals surface area (Å²) < 4.78 is 15.0. The van der Waals surface area contributed by atoms with Crippen LogP contribution in [0.15, 0.2) is 33.5 Å². The molecule has 8 nitrogen and oxygen atoms in total. The SMILES string of the molecule is CCOC(=O)Nc1ccc2c(C[NH+]3CCC(C(=O)OC)CC3)cc(=O)oc2c1. The molecule has 1 saturated heterocycles. The number of benzene rings is 1. The van der Waals surface area contributed by atoms with Gasteiger partial charge >= 0.3 is 17.7 Å². The number of ether oxygens (including phenoxy) is 2. The van der Waals surface area contributed by atoms with Crippen LogP contribution in [-0.2, 0) is 20.8 Å². The summed E-state index contributed by atoms with van der Waals surface area (Å²) >= 11 is 0. The number of anilines is 1. The highest BCUT2D eigenvalue weighted by molar-refractivity contribution is 5.89. The second-order valence-corrected chi connectivity index (χ2v) is 6.87. The fourth-order valence-corrected chi connectivity index (χ4v) is 3.61. The fraction of sp³-hybridized carbons (Fsp3) is 0.450. The number of esters is 1. The molecule has 0 bridgehead atoms. The first-order chi connectivity index (χ1) is 13.5. The Morgan fingerprint density at radius 3 is 2.68 bits per heavy atom. The lowest BCUT2D eigenvalue weighted by molar-refractivity contribution is -0.919. The van der Waals surface area contributed by atoms with Crippen molar-refractivity contribution < 1.29 is 28.4 Å². The van der Waals surface area contributed by atoms with Crippen LogP contribution in [0.3, 0.4) is 0 Å². The largest absolute Gasteiger partial charge is 0.469 e. The third-order valence-corrected chi connectivity index (χ3v) is 5.02. The molecule has 1 aromatic heterocycles. The van der Waals surface area contributed by atoms with E-state index in [2.05, 4.69) is 5.32 Å². The van der Waals surface area contributed by atoms with Crippen LogP contribution in [0, 0.1) is 5.92 Å². The molecular weight excluding hydrogens is 364 g/mol. The maximum atomic E-state index is 12.0. The van der Waals surface area contributed by atoms with E-state index < -0.39 is 11.7 Å². The highest BCUT2D eigenvalue weighted by Crippen LogP contribution is 2.21. The summed E-state index contributed by atoms with van der Waals surface area (Å²) in [7, 11) is 1.42. The Morgan fingerprint density at radius 2 is 2.00 bits per heavy atom. The van der Waals surface area contributed by atoms with Gasteiger partial charge in [0.25, 0.3) is 0 Å². The predicted octanol–water partition coefficient (Wildman–Crippen LogP) is 1.33. The van der Waals surface area contributed by atoms with E-state index in [-0.39, 0.29) is 18.5 Å². The van der Waals surface area contributed by atoms with Crippen molar-refractivity contribution in [3.63, 3.8) is 0 Å². The van der Waals surface area contributed by atoms with Crippen molar-refractivity contribution in [1.29, 1.82) is 0 Å². The van der Waals surface area contributed by atoms with Crippen LogP contribution >= 0.6 is 0 Å². The summed E-state index contributed by atoms with van der Waals surface area (Å²) in [5, 5.41) is 3.43. The van der Waals surface area contributed by atoms with Crippen LogP contribution in [0.5, 0.6) is 0 Å². The monoisotopic (exact) mass is 389 g/mol. The molecule has 1 amide bonds. The van der Waals surface area contributed by atoms with Crippen molar-refractivity contribution in [3.05, 3.63) is 40.2 Å². The summed E-state index contributed by atoms with van der Waals surface area (Å²) in [6.07, 6.45) is 0.988. The number of hydrogen-bond acceptors (Lipinski definition) is 6. The number of methoxy groups -OCH3 is 1. The highest BCUT2D eigenvalue weighted by Gasteiger charge is 2.28. The predicted molar refractivity (Wildman–Crippen MR) is 102 cm³/mol. The molecule has 150 valence electrons. The first-order valence-electron chi connectivity index (χ1n) is 9.42. The van der Waals surface area contributed by atoms with Gasteiger partial charge in [0, 0.05) is 41.6 Å². The standard InChI is InChI=1S/C20H24N2O6/c1-3-27-20(25)21-15-4-5-16-14(10-18(23)28-17(16)11-15)12-22-8-6-13(7-9-22)19(24)26-2/h4-5,10-11,13H,3,6-9,12H2,1-2H3,(H,21,25)/p+1. The molecule has 1 aliphatic rings. The van der Waals surface area contributed by atoms with Gasteiger partial charge in [-0.05, 0) is 19.1 Å². The normalized spacial score (nSPS) is 19.2. The molecule has 3 rings (SSSR count). The molecule has 1 fully saturated rings. The first-order valence-corrected chi connectivity index (χ1v) is 9.42. The second kappa shape index (κ2) is 8.88. The Hall–Kier alpha value is -2.87. The summed E-state index contributed by atoms with van der Waals surface area (Å²) in [6, 6.07) is 6.72. The fourth-order valence-electron chi connectivity index (χ4n) is 3.61. The zero-order chi connectivity index (χ0) is 20.1. The van der Waals surface area contributed by atoms with Crippen LogP contribution in [0.2, 0.25) is 0 Å². The number of quaternary nitrogens is 1. The molecule has 2 aromatic rings. The van der Waals surface area contributed by atoms with Gasteiger partial charge in [-0.3, -0.25) is 10.1 Å². The lowest BCUT2D eigenvalue weighted by Crippen LogP contribution is -3.11. The molecule has 2 heterocycles. The number of nitrogens with one attached hydrogen (secondary N) is 2. The molecule has 0 unspecified atom stereocenters. The zero-order valence-corrected chi connectivity index (χ0v) is 16.1. The van der Waals surface area contributed by atoms with Crippen LogP contribution < -0.4 is 15.8 Å². The number of carbonyl (C=O) groups excluding carboxylic acids is 2. The maximum Gasteiger partial charge on any atom is 0.411 e. The molecule has 0 radical (unpaired) electrons. The molecule has 0 atom stereocenters. The van der Waals surface area contributed by atoms with E-state index in [9.17, 15) is 14.4 Å². The Morgan fingerprint density at radius 1 is 1.25 bits per heavy atom. The van der Waals surface area contributed by atoms with Gasteiger partial charge in [0.15, 0.2) is 0 Å². The first kappa shape index (κ1) is 19.9. The molecule has 8 heteroatoms. The average Bonchev–Trinajstić information content (AvgIpc) is 2.67. The number of hydrogen-bond donors (Lipinski definition) is 2. The van der Waals surface area contributed by atoms with Crippen molar-refractivity contribution in [1.82, 2.24) is 0 Å². The third kappa shape index (κ3) is 4.69. The molecule has 2 N–H and O–H groups in total. The molecule has 0 saturated carbocycles. The number of amides is 1. The van der Waals surface area contributed by atoms with Crippen molar-refractivity contribution in [3.8, 4) is 0 Å². The van der Waals surface area contributed by atoms with Crippen molar-refractivity contribution in [2.24, 2.45) is 5.92 Å². The van der Waals surface area contributed by atoms with Crippen molar-refractivity contribution in [2.75, 3.05) is 32.1 Å². The van der Waals surface area contributed by atoms with Gasteiger partial charge in [-0.1, -0.05) is 0 Å². The molecule has 1 aromatic carbocycles. The number of likely N-dealkylation sites (tertiary alicyclic amines) is 1. The Kier molecular flexibility index (Phi) is 6.30. The topological polar surface area (TPSA) is 99.3 Å². The van der Waals surface area contributed by atoms with Gasteiger partial charge in [0.1, 0.15) is 12.1 Å². The Bertz CT molecular complexity index is 915. The number of rotatable bonds is 5. The summed E-state index contributed by atoms with van der Waals surface area (Å²) in [6.45, 7) is 4.34. The summed E-state index contributed by atoms with van der Waals surface area (Å²) in [5.41, 5.74) is 1.37. The van der Waals surface area contributed by atoms with E-state index in [1.807, 2.05) is 6.07 Å². The van der Waals surface area contributed by atoms with Gasteiger partial charge in [0.05, 0.1) is 32.7 Å². The second-order valence-electron chi connectivity index (χ2n) is 6.87. The van der Waals surface area contributed by atoms with Crippen LogP contribution in [0.4, 0.5) is 10.5 Å². The quantitative estimate of drug-likeness (QED) is 0.591. The zero-order valence-electron chi connectivity index (χ0n) is 16.1. The minimum Gasteiger partial charge on any atom is -0.469 e. The van der Waals surface area contributed by atoms with Gasteiger partial charge < -0.3 is 18.8 Å². The van der Waals surface area contributed by atoms with Gasteiger partial charge in [0.2, 0.25) is 0 Å². The molecule has 0 aliphatic carbocycles. The lowest BCUT2D eigenvalue weighted by Gasteiger charge is -2.28. The van der Waals surface area contributed by atoms with Crippen LogP contribution in [0.25, 0.3) is 11.0 Å². The highest BCUT2D eigenvalue weighted by atomic mass is 16.5. The van der Waals surface area contributed by atoms with E-state index in [0.29, 0.717) is 17.8 Å². The Labute approximate surface area is 162 Å². The minimum atomic E-state index is -0.557. The van der Waals surface area contributed by atoms with E-state index >= 15 is 0 Å². The molecule has 0 spiro atoms. The van der Waals surface area contributed by atoms with Gasteiger partial charge in [-0.15, -0.1) is 0 Å². The number of fused-ring (bicyclic) bond motifs is 1. The third-order valence-electron chi connectivity index (χ3n) is 5.02. The van der Waals surface area contributed by atoms with E-state index in [4.69, 9.17) is 13.9 Å². The average molecular weight is 389 g/mol. The van der Waals surface area contributed by atoms with Gasteiger partial charge in [-0.25, -0.2) is 9.59 Å². The molecule has 1 aliphatic heterocycles. The number of piperidine rings is 1. The van der Waals surface area contributed by atoms with Crippen LogP contribution in [0.1, 0.15) is 25.3 Å². The van der Waals surface area contributed by atoms with Crippen LogP contribution in [-0.4, -0.2) is 38.9 Å². The number of carbonyl (C=O) groups is 2.